The predicted octanol–water partition coefficient (Wildman–Crippen LogP) is 4.27. The minimum absolute atomic E-state index is 1.32. The van der Waals surface area contributed by atoms with E-state index < -0.39 is 0 Å². The van der Waals surface area contributed by atoms with Crippen LogP contribution in [0.2, 0.25) is 0 Å². The van der Waals surface area contributed by atoms with Gasteiger partial charge in [-0.25, -0.2) is 0 Å². The molecule has 15 heavy (non-hydrogen) atoms. The first-order valence-electron chi connectivity index (χ1n) is 5.26. The Kier molecular flexibility index (Phi) is 1.75. The van der Waals surface area contributed by atoms with Gasteiger partial charge in [0.05, 0.1) is 0 Å². The molecule has 0 saturated heterocycles. The zero-order valence-corrected chi connectivity index (χ0v) is 8.70. The molecule has 2 aromatic carbocycles. The van der Waals surface area contributed by atoms with E-state index in [1.807, 2.05) is 0 Å². The summed E-state index contributed by atoms with van der Waals surface area (Å²) in [5.74, 6) is 0. The van der Waals surface area contributed by atoms with Crippen molar-refractivity contribution in [3.63, 3.8) is 0 Å². The van der Waals surface area contributed by atoms with Crippen molar-refractivity contribution in [2.75, 3.05) is 0 Å². The number of fused-ring (bicyclic) bond motifs is 3. The van der Waals surface area contributed by atoms with Crippen LogP contribution in [-0.4, -0.2) is 0 Å². The summed E-state index contributed by atoms with van der Waals surface area (Å²) in [7, 11) is 0. The molecule has 0 atom stereocenters. The molecule has 0 heteroatoms. The molecule has 0 heterocycles. The summed E-state index contributed by atoms with van der Waals surface area (Å²) >= 11 is 0. The van der Waals surface area contributed by atoms with Gasteiger partial charge in [0, 0.05) is 0 Å². The van der Waals surface area contributed by atoms with Crippen LogP contribution in [0, 0.1) is 0 Å². The van der Waals surface area contributed by atoms with Crippen molar-refractivity contribution >= 4 is 22.4 Å². The van der Waals surface area contributed by atoms with Crippen LogP contribution in [0.5, 0.6) is 0 Å². The molecule has 72 valence electrons. The minimum atomic E-state index is 1.32. The van der Waals surface area contributed by atoms with Crippen LogP contribution in [0.25, 0.3) is 22.4 Å². The number of allylic oxidation sites excluding steroid dienone is 3. The van der Waals surface area contributed by atoms with Gasteiger partial charge in [-0.1, -0.05) is 54.6 Å². The van der Waals surface area contributed by atoms with Crippen LogP contribution in [0.3, 0.4) is 0 Å². The molecule has 0 nitrogen and oxygen atoms in total. The van der Waals surface area contributed by atoms with Gasteiger partial charge in [-0.2, -0.15) is 0 Å². The van der Waals surface area contributed by atoms with E-state index in [0.717, 1.165) is 0 Å². The average Bonchev–Trinajstić information content (AvgIpc) is 2.72. The second-order valence-electron chi connectivity index (χ2n) is 3.83. The molecule has 1 aliphatic carbocycles. The maximum Gasteiger partial charge on any atom is -0.00993 e. The molecule has 0 amide bonds. The Morgan fingerprint density at radius 3 is 2.67 bits per heavy atom. The molecule has 0 aliphatic heterocycles. The maximum atomic E-state index is 2.22. The molecular weight excluding hydrogens is 180 g/mol. The third-order valence-corrected chi connectivity index (χ3v) is 3.02. The van der Waals surface area contributed by atoms with Gasteiger partial charge in [0.1, 0.15) is 0 Å². The third kappa shape index (κ3) is 1.15. The lowest BCUT2D eigenvalue weighted by Gasteiger charge is -2.05. The van der Waals surface area contributed by atoms with E-state index in [1.165, 1.54) is 27.5 Å². The Balaban J connectivity index is 2.42. The Hall–Kier alpha value is -1.82. The first-order valence-corrected chi connectivity index (χ1v) is 5.26. The van der Waals surface area contributed by atoms with Crippen molar-refractivity contribution in [3.05, 3.63) is 59.7 Å². The van der Waals surface area contributed by atoms with Crippen LogP contribution in [0.1, 0.15) is 18.1 Å². The largest absolute Gasteiger partial charge is 0.0798 e. The monoisotopic (exact) mass is 192 g/mol. The van der Waals surface area contributed by atoms with Gasteiger partial charge in [-0.3, -0.25) is 0 Å². The van der Waals surface area contributed by atoms with Gasteiger partial charge in [0.2, 0.25) is 0 Å². The summed E-state index contributed by atoms with van der Waals surface area (Å²) in [5.41, 5.74) is 4.05. The van der Waals surface area contributed by atoms with Crippen molar-refractivity contribution in [3.8, 4) is 0 Å². The van der Waals surface area contributed by atoms with Gasteiger partial charge >= 0.3 is 0 Å². The lowest BCUT2D eigenvalue weighted by Crippen LogP contribution is -1.83. The fourth-order valence-electron chi connectivity index (χ4n) is 2.24. The zero-order chi connectivity index (χ0) is 10.3. The van der Waals surface area contributed by atoms with Crippen LogP contribution in [0.4, 0.5) is 0 Å². The Morgan fingerprint density at radius 2 is 1.80 bits per heavy atom. The highest BCUT2D eigenvalue weighted by molar-refractivity contribution is 6.02. The summed E-state index contributed by atoms with van der Waals surface area (Å²) < 4.78 is 0. The van der Waals surface area contributed by atoms with Crippen LogP contribution >= 0.6 is 0 Å². The van der Waals surface area contributed by atoms with E-state index in [1.54, 1.807) is 0 Å². The molecule has 3 rings (SSSR count). The molecule has 0 N–H and O–H groups in total. The Morgan fingerprint density at radius 1 is 0.933 bits per heavy atom. The summed E-state index contributed by atoms with van der Waals surface area (Å²) in [4.78, 5) is 0. The third-order valence-electron chi connectivity index (χ3n) is 3.02. The molecule has 0 fully saturated rings. The van der Waals surface area contributed by atoms with Crippen LogP contribution < -0.4 is 0 Å². The predicted molar refractivity (Wildman–Crippen MR) is 66.6 cm³/mol. The molecule has 1 aliphatic rings. The smallest absolute Gasteiger partial charge is 0.00993 e. The topological polar surface area (TPSA) is 0 Å². The number of hydrogen-bond donors (Lipinski definition) is 0. The summed E-state index contributed by atoms with van der Waals surface area (Å²) in [6, 6.07) is 13.0. The normalized spacial score (nSPS) is 16.2. The van der Waals surface area contributed by atoms with Crippen molar-refractivity contribution < 1.29 is 0 Å². The number of rotatable bonds is 0. The lowest BCUT2D eigenvalue weighted by atomic mass is 9.99. The van der Waals surface area contributed by atoms with Crippen molar-refractivity contribution in [2.24, 2.45) is 0 Å². The highest BCUT2D eigenvalue weighted by atomic mass is 14.2. The van der Waals surface area contributed by atoms with Crippen LogP contribution in [0.15, 0.2) is 48.6 Å². The highest BCUT2D eigenvalue weighted by Crippen LogP contribution is 2.34. The van der Waals surface area contributed by atoms with Gasteiger partial charge in [0.15, 0.2) is 0 Å². The number of hydrogen-bond acceptors (Lipinski definition) is 0. The SMILES string of the molecule is CC=C1C=Cc2c1ccc1ccccc21. The molecule has 2 aromatic rings. The first-order chi connectivity index (χ1) is 7.40. The quantitative estimate of drug-likeness (QED) is 0.584. The highest BCUT2D eigenvalue weighted by Gasteiger charge is 2.11. The van der Waals surface area contributed by atoms with Gasteiger partial charge < -0.3 is 0 Å². The average molecular weight is 192 g/mol. The second kappa shape index (κ2) is 3.09. The molecule has 0 radical (unpaired) electrons. The van der Waals surface area contributed by atoms with Gasteiger partial charge in [-0.05, 0) is 34.4 Å². The number of benzene rings is 2. The first kappa shape index (κ1) is 8.49. The van der Waals surface area contributed by atoms with E-state index in [2.05, 4.69) is 61.5 Å². The fourth-order valence-corrected chi connectivity index (χ4v) is 2.24. The lowest BCUT2D eigenvalue weighted by molar-refractivity contribution is 1.64. The molecule has 0 saturated carbocycles. The molecule has 0 aromatic heterocycles. The van der Waals surface area contributed by atoms with E-state index in [0.29, 0.717) is 0 Å². The molecule has 0 unspecified atom stereocenters. The Labute approximate surface area is 89.6 Å². The van der Waals surface area contributed by atoms with E-state index >= 15 is 0 Å². The fraction of sp³-hybridized carbons (Fsp3) is 0.0667. The van der Waals surface area contributed by atoms with E-state index in [4.69, 9.17) is 0 Å². The molecule has 0 bridgehead atoms. The minimum Gasteiger partial charge on any atom is -0.0798 e. The maximum absolute atomic E-state index is 2.22. The van der Waals surface area contributed by atoms with Crippen LogP contribution in [-0.2, 0) is 0 Å². The van der Waals surface area contributed by atoms with Crippen molar-refractivity contribution in [1.29, 1.82) is 0 Å². The van der Waals surface area contributed by atoms with Crippen molar-refractivity contribution in [1.82, 2.24) is 0 Å². The van der Waals surface area contributed by atoms with E-state index in [9.17, 15) is 0 Å². The van der Waals surface area contributed by atoms with Crippen molar-refractivity contribution in [2.45, 2.75) is 6.92 Å². The van der Waals surface area contributed by atoms with Gasteiger partial charge in [-0.15, -0.1) is 0 Å². The molecule has 0 spiro atoms. The molecular formula is C15H12. The summed E-state index contributed by atoms with van der Waals surface area (Å²) in [6.07, 6.45) is 6.57. The van der Waals surface area contributed by atoms with E-state index in [-0.39, 0.29) is 0 Å². The summed E-state index contributed by atoms with van der Waals surface area (Å²) in [5, 5.41) is 2.67. The summed E-state index contributed by atoms with van der Waals surface area (Å²) in [6.45, 7) is 2.09. The Bertz CT molecular complexity index is 586. The zero-order valence-electron chi connectivity index (χ0n) is 8.70. The van der Waals surface area contributed by atoms with Gasteiger partial charge in [0.25, 0.3) is 0 Å². The standard InChI is InChI=1S/C15H12/c1-2-11-7-10-15-13-6-4-3-5-12(13)8-9-14(11)15/h2-10H,1H3. The second-order valence-corrected chi connectivity index (χ2v) is 3.83.